The van der Waals surface area contributed by atoms with Crippen molar-refractivity contribution in [3.63, 3.8) is 0 Å². The Bertz CT molecular complexity index is 1050. The van der Waals surface area contributed by atoms with Crippen LogP contribution < -0.4 is 10.1 Å². The molecule has 1 unspecified atom stereocenters. The van der Waals surface area contributed by atoms with Crippen molar-refractivity contribution in [2.75, 3.05) is 26.3 Å². The Morgan fingerprint density at radius 1 is 0.973 bits per heavy atom. The van der Waals surface area contributed by atoms with E-state index in [0.29, 0.717) is 43.7 Å². The normalized spacial score (nSPS) is 20.8. The smallest absolute Gasteiger partial charge is 0.333 e. The molecule has 0 saturated carbocycles. The Morgan fingerprint density at radius 2 is 1.62 bits per heavy atom. The second-order valence-corrected chi connectivity index (χ2v) is 9.33. The molecule has 9 heteroatoms. The number of benzene rings is 2. The Hall–Kier alpha value is -3.59. The van der Waals surface area contributed by atoms with Crippen molar-refractivity contribution in [1.82, 2.24) is 15.1 Å². The van der Waals surface area contributed by atoms with Crippen LogP contribution in [-0.2, 0) is 14.3 Å². The molecule has 2 aromatic carbocycles. The first-order chi connectivity index (χ1) is 18.0. The summed E-state index contributed by atoms with van der Waals surface area (Å²) < 4.78 is 10.9. The molecule has 2 aliphatic heterocycles. The second kappa shape index (κ2) is 12.6. The van der Waals surface area contributed by atoms with Gasteiger partial charge in [-0.25, -0.2) is 9.59 Å². The van der Waals surface area contributed by atoms with E-state index in [1.165, 1.54) is 4.90 Å². The minimum Gasteiger partial charge on any atom is -0.491 e. The molecule has 0 aromatic heterocycles. The molecular weight excluding hydrogens is 474 g/mol. The third kappa shape index (κ3) is 6.40. The topological polar surface area (TPSA) is 108 Å². The SMILES string of the molecule is CCOC(=O)[C@@H](NC(=O)N1CCC[C@@H]1C(=O)N1CCC[C@H]1C(O)COc1ccccc1)c1ccccc1. The molecule has 0 bridgehead atoms. The summed E-state index contributed by atoms with van der Waals surface area (Å²) in [6.45, 7) is 2.90. The van der Waals surface area contributed by atoms with Gasteiger partial charge >= 0.3 is 12.0 Å². The van der Waals surface area contributed by atoms with Gasteiger partial charge in [-0.3, -0.25) is 4.79 Å². The zero-order valence-electron chi connectivity index (χ0n) is 21.1. The lowest BCUT2D eigenvalue weighted by molar-refractivity contribution is -0.145. The number of nitrogens with zero attached hydrogens (tertiary/aromatic N) is 2. The number of para-hydroxylation sites is 1. The maximum Gasteiger partial charge on any atom is 0.333 e. The Balaban J connectivity index is 1.41. The number of rotatable bonds is 9. The highest BCUT2D eigenvalue weighted by Gasteiger charge is 2.42. The average molecular weight is 510 g/mol. The molecule has 2 heterocycles. The molecule has 0 radical (unpaired) electrons. The van der Waals surface area contributed by atoms with Crippen LogP contribution >= 0.6 is 0 Å². The van der Waals surface area contributed by atoms with E-state index in [1.54, 1.807) is 36.1 Å². The molecule has 2 aliphatic rings. The van der Waals surface area contributed by atoms with Crippen LogP contribution in [0.15, 0.2) is 60.7 Å². The number of aliphatic hydroxyl groups is 1. The van der Waals surface area contributed by atoms with E-state index >= 15 is 0 Å². The summed E-state index contributed by atoms with van der Waals surface area (Å²) >= 11 is 0. The Kier molecular flexibility index (Phi) is 9.00. The fraction of sp³-hybridized carbons (Fsp3) is 0.464. The van der Waals surface area contributed by atoms with Crippen molar-refractivity contribution in [2.24, 2.45) is 0 Å². The number of likely N-dealkylation sites (tertiary alicyclic amines) is 2. The van der Waals surface area contributed by atoms with E-state index in [2.05, 4.69) is 5.32 Å². The molecule has 4 atom stereocenters. The first-order valence-electron chi connectivity index (χ1n) is 12.9. The zero-order chi connectivity index (χ0) is 26.2. The van der Waals surface area contributed by atoms with E-state index < -0.39 is 30.2 Å². The Labute approximate surface area is 217 Å². The summed E-state index contributed by atoms with van der Waals surface area (Å²) in [7, 11) is 0. The average Bonchev–Trinajstić information content (AvgIpc) is 3.62. The summed E-state index contributed by atoms with van der Waals surface area (Å²) in [5.74, 6) is -0.0720. The molecule has 2 saturated heterocycles. The van der Waals surface area contributed by atoms with Crippen LogP contribution in [0, 0.1) is 0 Å². The van der Waals surface area contributed by atoms with Gasteiger partial charge in [0, 0.05) is 13.1 Å². The molecule has 198 valence electrons. The first-order valence-corrected chi connectivity index (χ1v) is 12.9. The van der Waals surface area contributed by atoms with Crippen LogP contribution in [0.25, 0.3) is 0 Å². The quantitative estimate of drug-likeness (QED) is 0.504. The fourth-order valence-corrected chi connectivity index (χ4v) is 5.09. The molecule has 9 nitrogen and oxygen atoms in total. The van der Waals surface area contributed by atoms with E-state index in [0.717, 1.165) is 6.42 Å². The van der Waals surface area contributed by atoms with Crippen LogP contribution in [0.2, 0.25) is 0 Å². The lowest BCUT2D eigenvalue weighted by Gasteiger charge is -2.34. The molecule has 2 fully saturated rings. The monoisotopic (exact) mass is 509 g/mol. The van der Waals surface area contributed by atoms with Crippen molar-refractivity contribution >= 4 is 17.9 Å². The van der Waals surface area contributed by atoms with Crippen molar-refractivity contribution in [3.8, 4) is 5.75 Å². The number of esters is 1. The predicted molar refractivity (Wildman–Crippen MR) is 137 cm³/mol. The van der Waals surface area contributed by atoms with Gasteiger partial charge in [-0.1, -0.05) is 48.5 Å². The van der Waals surface area contributed by atoms with Gasteiger partial charge in [0.15, 0.2) is 6.04 Å². The maximum absolute atomic E-state index is 13.6. The van der Waals surface area contributed by atoms with E-state index in [4.69, 9.17) is 9.47 Å². The largest absolute Gasteiger partial charge is 0.491 e. The van der Waals surface area contributed by atoms with Gasteiger partial charge in [-0.05, 0) is 50.3 Å². The number of carbonyl (C=O) groups excluding carboxylic acids is 3. The molecule has 37 heavy (non-hydrogen) atoms. The van der Waals surface area contributed by atoms with Crippen LogP contribution in [0.4, 0.5) is 4.79 Å². The van der Waals surface area contributed by atoms with Gasteiger partial charge < -0.3 is 29.7 Å². The van der Waals surface area contributed by atoms with Gasteiger partial charge in [-0.15, -0.1) is 0 Å². The lowest BCUT2D eigenvalue weighted by Crippen LogP contribution is -2.54. The maximum atomic E-state index is 13.6. The number of hydrogen-bond donors (Lipinski definition) is 2. The summed E-state index contributed by atoms with van der Waals surface area (Å²) in [5.41, 5.74) is 0.609. The molecule has 2 N–H and O–H groups in total. The predicted octanol–water partition coefficient (Wildman–Crippen LogP) is 2.90. The van der Waals surface area contributed by atoms with Crippen molar-refractivity contribution in [2.45, 2.75) is 56.8 Å². The molecule has 3 amide bonds. The van der Waals surface area contributed by atoms with E-state index in [9.17, 15) is 19.5 Å². The highest BCUT2D eigenvalue weighted by atomic mass is 16.5. The number of nitrogens with one attached hydrogen (secondary N) is 1. The minimum atomic E-state index is -0.971. The summed E-state index contributed by atoms with van der Waals surface area (Å²) in [5, 5.41) is 13.6. The molecule has 0 spiro atoms. The van der Waals surface area contributed by atoms with Gasteiger partial charge in [0.2, 0.25) is 5.91 Å². The Morgan fingerprint density at radius 3 is 2.32 bits per heavy atom. The number of aliphatic hydroxyl groups excluding tert-OH is 1. The molecule has 4 rings (SSSR count). The highest BCUT2D eigenvalue weighted by molar-refractivity contribution is 5.90. The molecular formula is C28H35N3O6. The highest BCUT2D eigenvalue weighted by Crippen LogP contribution is 2.27. The summed E-state index contributed by atoms with van der Waals surface area (Å²) in [4.78, 5) is 42.7. The van der Waals surface area contributed by atoms with Gasteiger partial charge in [0.25, 0.3) is 0 Å². The third-order valence-corrected chi connectivity index (χ3v) is 6.91. The van der Waals surface area contributed by atoms with E-state index in [1.807, 2.05) is 36.4 Å². The number of carbonyl (C=O) groups is 3. The van der Waals surface area contributed by atoms with Gasteiger partial charge in [0.05, 0.1) is 12.6 Å². The van der Waals surface area contributed by atoms with E-state index in [-0.39, 0.29) is 25.2 Å². The van der Waals surface area contributed by atoms with Crippen molar-refractivity contribution in [1.29, 1.82) is 0 Å². The van der Waals surface area contributed by atoms with Crippen molar-refractivity contribution in [3.05, 3.63) is 66.2 Å². The molecule has 2 aromatic rings. The number of urea groups is 1. The molecule has 0 aliphatic carbocycles. The van der Waals surface area contributed by atoms with Gasteiger partial charge in [0.1, 0.15) is 24.5 Å². The van der Waals surface area contributed by atoms with Crippen LogP contribution in [0.1, 0.15) is 44.2 Å². The van der Waals surface area contributed by atoms with Crippen molar-refractivity contribution < 1.29 is 29.0 Å². The van der Waals surface area contributed by atoms with Crippen LogP contribution in [-0.4, -0.2) is 77.3 Å². The number of hydrogen-bond acceptors (Lipinski definition) is 6. The van der Waals surface area contributed by atoms with Crippen LogP contribution in [0.3, 0.4) is 0 Å². The first kappa shape index (κ1) is 26.5. The fourth-order valence-electron chi connectivity index (χ4n) is 5.09. The van der Waals surface area contributed by atoms with Gasteiger partial charge in [-0.2, -0.15) is 0 Å². The summed E-state index contributed by atoms with van der Waals surface area (Å²) in [6.07, 6.45) is 1.81. The summed E-state index contributed by atoms with van der Waals surface area (Å²) in [6, 6.07) is 15.7. The lowest BCUT2D eigenvalue weighted by atomic mass is 10.1. The second-order valence-electron chi connectivity index (χ2n) is 9.33. The zero-order valence-corrected chi connectivity index (χ0v) is 21.1. The number of ether oxygens (including phenoxy) is 2. The number of amides is 3. The van der Waals surface area contributed by atoms with Crippen LogP contribution in [0.5, 0.6) is 5.75 Å². The minimum absolute atomic E-state index is 0.0750. The standard InChI is InChI=1S/C28H35N3O6/c1-2-36-27(34)25(20-11-5-3-6-12-20)29-28(35)31-18-10-16-23(31)26(33)30-17-9-15-22(30)24(32)19-37-21-13-7-4-8-14-21/h3-8,11-14,22-25,32H,2,9-10,15-19H2,1H3,(H,29,35)/t22-,23+,24?,25-/m0/s1. The third-order valence-electron chi connectivity index (χ3n) is 6.91.